The van der Waals surface area contributed by atoms with E-state index in [0.717, 1.165) is 0 Å². The average molecular weight is 380 g/mol. The van der Waals surface area contributed by atoms with Crippen LogP contribution in [0.4, 0.5) is 11.4 Å². The number of halogens is 2. The van der Waals surface area contributed by atoms with Crippen LogP contribution in [-0.4, -0.2) is 17.9 Å². The van der Waals surface area contributed by atoms with Gasteiger partial charge in [0, 0.05) is 15.2 Å². The van der Waals surface area contributed by atoms with Crippen molar-refractivity contribution in [2.24, 2.45) is 0 Å². The molecule has 0 saturated carbocycles. The summed E-state index contributed by atoms with van der Waals surface area (Å²) in [6, 6.07) is 13.6. The monoisotopic (exact) mass is 378 g/mol. The van der Waals surface area contributed by atoms with Crippen LogP contribution in [-0.2, 0) is 9.59 Å². The lowest BCUT2D eigenvalue weighted by Crippen LogP contribution is -2.35. The van der Waals surface area contributed by atoms with E-state index >= 15 is 0 Å². The van der Waals surface area contributed by atoms with Crippen LogP contribution in [0.1, 0.15) is 6.42 Å². The van der Waals surface area contributed by atoms with Crippen LogP contribution in [0.2, 0.25) is 5.02 Å². The Morgan fingerprint density at radius 3 is 2.64 bits per heavy atom. The van der Waals surface area contributed by atoms with Gasteiger partial charge in [0.15, 0.2) is 0 Å². The number of hydrogen-bond donors (Lipinski definition) is 1. The molecule has 112 valence electrons. The predicted molar refractivity (Wildman–Crippen MR) is 90.1 cm³/mol. The Bertz CT molecular complexity index is 750. The topological polar surface area (TPSA) is 49.4 Å². The molecule has 2 aromatic rings. The first kappa shape index (κ1) is 15.1. The zero-order valence-electron chi connectivity index (χ0n) is 11.4. The molecular weight excluding hydrogens is 368 g/mol. The van der Waals surface area contributed by atoms with Crippen molar-refractivity contribution in [3.63, 3.8) is 0 Å². The molecule has 1 aliphatic heterocycles. The van der Waals surface area contributed by atoms with Crippen LogP contribution in [0.15, 0.2) is 53.0 Å². The second-order valence-corrected chi connectivity index (χ2v) is 6.22. The maximum absolute atomic E-state index is 12.5. The summed E-state index contributed by atoms with van der Waals surface area (Å²) < 4.78 is 0.708. The molecule has 2 aromatic carbocycles. The molecule has 1 saturated heterocycles. The van der Waals surface area contributed by atoms with Crippen molar-refractivity contribution in [1.29, 1.82) is 0 Å². The highest BCUT2D eigenvalue weighted by atomic mass is 79.9. The minimum Gasteiger partial charge on any atom is -0.373 e. The number of carbonyl (C=O) groups excluding carboxylic acids is 2. The minimum absolute atomic E-state index is 0.118. The summed E-state index contributed by atoms with van der Waals surface area (Å²) in [5, 5.41) is 3.64. The number of carbonyl (C=O) groups is 2. The van der Waals surface area contributed by atoms with Crippen LogP contribution in [0.5, 0.6) is 0 Å². The SMILES string of the molecule is O=C1C[C@@H](Nc2cccc(Cl)c2)C(=O)N1c1ccccc1Br. The van der Waals surface area contributed by atoms with Crippen molar-refractivity contribution >= 4 is 50.7 Å². The molecule has 22 heavy (non-hydrogen) atoms. The number of hydrogen-bond acceptors (Lipinski definition) is 3. The number of anilines is 2. The molecule has 2 amide bonds. The van der Waals surface area contributed by atoms with Crippen LogP contribution in [0.25, 0.3) is 0 Å². The summed E-state index contributed by atoms with van der Waals surface area (Å²) in [5.41, 5.74) is 1.28. The molecule has 4 nitrogen and oxygen atoms in total. The van der Waals surface area contributed by atoms with Gasteiger partial charge in [-0.05, 0) is 46.3 Å². The van der Waals surface area contributed by atoms with E-state index in [4.69, 9.17) is 11.6 Å². The van der Waals surface area contributed by atoms with Gasteiger partial charge < -0.3 is 5.32 Å². The fourth-order valence-corrected chi connectivity index (χ4v) is 3.06. The molecule has 0 radical (unpaired) electrons. The molecule has 1 fully saturated rings. The Balaban J connectivity index is 1.84. The first-order valence-electron chi connectivity index (χ1n) is 6.69. The second-order valence-electron chi connectivity index (χ2n) is 4.93. The summed E-state index contributed by atoms with van der Waals surface area (Å²) in [5.74, 6) is -0.492. The molecule has 6 heteroatoms. The van der Waals surface area contributed by atoms with Crippen LogP contribution < -0.4 is 10.2 Å². The van der Waals surface area contributed by atoms with Gasteiger partial charge in [-0.1, -0.05) is 29.8 Å². The summed E-state index contributed by atoms with van der Waals surface area (Å²) >= 11 is 9.31. The van der Waals surface area contributed by atoms with Crippen LogP contribution in [0, 0.1) is 0 Å². The van der Waals surface area contributed by atoms with E-state index in [9.17, 15) is 9.59 Å². The lowest BCUT2D eigenvalue weighted by Gasteiger charge is -2.17. The Labute approximate surface area is 141 Å². The zero-order valence-corrected chi connectivity index (χ0v) is 13.8. The van der Waals surface area contributed by atoms with E-state index in [2.05, 4.69) is 21.2 Å². The lowest BCUT2D eigenvalue weighted by atomic mass is 10.2. The number of para-hydroxylation sites is 1. The van der Waals surface area contributed by atoms with Gasteiger partial charge in [0.1, 0.15) is 6.04 Å². The van der Waals surface area contributed by atoms with Crippen molar-refractivity contribution in [3.8, 4) is 0 Å². The van der Waals surface area contributed by atoms with Crippen molar-refractivity contribution in [2.75, 3.05) is 10.2 Å². The molecule has 0 bridgehead atoms. The highest BCUT2D eigenvalue weighted by Gasteiger charge is 2.40. The first-order valence-corrected chi connectivity index (χ1v) is 7.87. The molecule has 0 aliphatic carbocycles. The van der Waals surface area contributed by atoms with Gasteiger partial charge in [-0.2, -0.15) is 0 Å². The largest absolute Gasteiger partial charge is 0.373 e. The molecule has 3 rings (SSSR count). The van der Waals surface area contributed by atoms with E-state index in [1.165, 1.54) is 4.90 Å². The third-order valence-electron chi connectivity index (χ3n) is 3.41. The molecule has 1 heterocycles. The molecule has 0 spiro atoms. The number of nitrogens with one attached hydrogen (secondary N) is 1. The summed E-state index contributed by atoms with van der Waals surface area (Å²) in [4.78, 5) is 26.0. The van der Waals surface area contributed by atoms with Gasteiger partial charge >= 0.3 is 0 Å². The molecular formula is C16H12BrClN2O2. The second kappa shape index (κ2) is 6.10. The Hall–Kier alpha value is -1.85. The summed E-state index contributed by atoms with van der Waals surface area (Å²) in [7, 11) is 0. The Morgan fingerprint density at radius 2 is 1.91 bits per heavy atom. The van der Waals surface area contributed by atoms with Gasteiger partial charge in [-0.15, -0.1) is 0 Å². The van der Waals surface area contributed by atoms with E-state index < -0.39 is 6.04 Å². The van der Waals surface area contributed by atoms with Crippen molar-refractivity contribution in [1.82, 2.24) is 0 Å². The van der Waals surface area contributed by atoms with Gasteiger partial charge in [0.05, 0.1) is 12.1 Å². The van der Waals surface area contributed by atoms with E-state index in [1.807, 2.05) is 12.1 Å². The summed E-state index contributed by atoms with van der Waals surface area (Å²) in [6.07, 6.45) is 0.118. The quantitative estimate of drug-likeness (QED) is 0.824. The number of rotatable bonds is 3. The maximum atomic E-state index is 12.5. The van der Waals surface area contributed by atoms with Crippen molar-refractivity contribution in [2.45, 2.75) is 12.5 Å². The normalized spacial score (nSPS) is 17.9. The van der Waals surface area contributed by atoms with Gasteiger partial charge in [0.2, 0.25) is 5.91 Å². The van der Waals surface area contributed by atoms with Crippen LogP contribution in [0.3, 0.4) is 0 Å². The number of imide groups is 1. The maximum Gasteiger partial charge on any atom is 0.256 e. The average Bonchev–Trinajstić information content (AvgIpc) is 2.74. The number of benzene rings is 2. The minimum atomic E-state index is -0.585. The fraction of sp³-hybridized carbons (Fsp3) is 0.125. The number of amides is 2. The van der Waals surface area contributed by atoms with E-state index in [0.29, 0.717) is 20.9 Å². The van der Waals surface area contributed by atoms with E-state index in [1.54, 1.807) is 36.4 Å². The molecule has 1 aliphatic rings. The highest BCUT2D eigenvalue weighted by molar-refractivity contribution is 9.10. The van der Waals surface area contributed by atoms with Crippen LogP contribution >= 0.6 is 27.5 Å². The number of nitrogens with zero attached hydrogens (tertiary/aromatic N) is 1. The van der Waals surface area contributed by atoms with Gasteiger partial charge in [-0.25, -0.2) is 4.90 Å². The smallest absolute Gasteiger partial charge is 0.256 e. The van der Waals surface area contributed by atoms with E-state index in [-0.39, 0.29) is 18.2 Å². The predicted octanol–water partition coefficient (Wildman–Crippen LogP) is 3.85. The lowest BCUT2D eigenvalue weighted by molar-refractivity contribution is -0.121. The molecule has 0 aromatic heterocycles. The Kier molecular flexibility index (Phi) is 4.18. The molecule has 1 atom stereocenters. The molecule has 1 N–H and O–H groups in total. The van der Waals surface area contributed by atoms with Gasteiger partial charge in [-0.3, -0.25) is 9.59 Å². The van der Waals surface area contributed by atoms with Crippen molar-refractivity contribution < 1.29 is 9.59 Å². The molecule has 0 unspecified atom stereocenters. The zero-order chi connectivity index (χ0) is 15.7. The third-order valence-corrected chi connectivity index (χ3v) is 4.31. The summed E-state index contributed by atoms with van der Waals surface area (Å²) in [6.45, 7) is 0. The standard InChI is InChI=1S/C16H12BrClN2O2/c17-12-6-1-2-7-14(12)20-15(21)9-13(16(20)22)19-11-5-3-4-10(18)8-11/h1-8,13,19H,9H2/t13-/m1/s1. The Morgan fingerprint density at radius 1 is 1.14 bits per heavy atom. The first-order chi connectivity index (χ1) is 10.6. The highest BCUT2D eigenvalue weighted by Crippen LogP contribution is 2.31. The van der Waals surface area contributed by atoms with Gasteiger partial charge in [0.25, 0.3) is 5.91 Å². The fourth-order valence-electron chi connectivity index (χ4n) is 2.41. The third kappa shape index (κ3) is 2.87. The van der Waals surface area contributed by atoms with Crippen molar-refractivity contribution in [3.05, 3.63) is 58.0 Å².